The maximum absolute atomic E-state index is 5.04. The van der Waals surface area contributed by atoms with E-state index in [9.17, 15) is 0 Å². The zero-order valence-electron chi connectivity index (χ0n) is 6.29. The van der Waals surface area contributed by atoms with Crippen molar-refractivity contribution in [3.8, 4) is 0 Å². The Morgan fingerprint density at radius 2 is 2.50 bits per heavy atom. The fourth-order valence-corrected chi connectivity index (χ4v) is 1.18. The lowest BCUT2D eigenvalue weighted by Crippen LogP contribution is -2.01. The van der Waals surface area contributed by atoms with Gasteiger partial charge in [-0.25, -0.2) is 0 Å². The van der Waals surface area contributed by atoms with E-state index in [1.54, 1.807) is 0 Å². The fraction of sp³-hybridized carbons (Fsp3) is 0.571. The van der Waals surface area contributed by atoms with Gasteiger partial charge in [0.1, 0.15) is 0 Å². The number of hydrogen-bond donors (Lipinski definition) is 1. The molecule has 3 heteroatoms. The standard InChI is InChI=1S/C7H12N2S/c1-3-6(2)9-5-4-8-7(9)10/h4-6H,3H2,1-2H3,(H,8,10)/t6-/m1/s1. The Hall–Kier alpha value is -0.570. The van der Waals surface area contributed by atoms with Gasteiger partial charge in [-0.2, -0.15) is 0 Å². The predicted molar refractivity (Wildman–Crippen MR) is 44.6 cm³/mol. The van der Waals surface area contributed by atoms with Gasteiger partial charge in [-0.05, 0) is 25.6 Å². The third-order valence-electron chi connectivity index (χ3n) is 1.74. The number of rotatable bonds is 2. The molecule has 1 rings (SSSR count). The molecule has 1 heterocycles. The van der Waals surface area contributed by atoms with Crippen LogP contribution >= 0.6 is 12.2 Å². The van der Waals surface area contributed by atoms with Crippen molar-refractivity contribution in [3.63, 3.8) is 0 Å². The van der Waals surface area contributed by atoms with Gasteiger partial charge in [-0.3, -0.25) is 0 Å². The van der Waals surface area contributed by atoms with Gasteiger partial charge in [0.15, 0.2) is 4.77 Å². The molecule has 0 saturated heterocycles. The second-order valence-electron chi connectivity index (χ2n) is 2.43. The first kappa shape index (κ1) is 7.54. The molecule has 0 spiro atoms. The smallest absolute Gasteiger partial charge is 0.177 e. The topological polar surface area (TPSA) is 20.7 Å². The van der Waals surface area contributed by atoms with E-state index in [2.05, 4.69) is 23.4 Å². The second-order valence-corrected chi connectivity index (χ2v) is 2.82. The summed E-state index contributed by atoms with van der Waals surface area (Å²) in [5, 5.41) is 0. The molecule has 0 amide bonds. The quantitative estimate of drug-likeness (QED) is 0.652. The Morgan fingerprint density at radius 1 is 1.80 bits per heavy atom. The number of nitrogens with one attached hydrogen (secondary N) is 1. The number of aromatic amines is 1. The van der Waals surface area contributed by atoms with Crippen molar-refractivity contribution in [3.05, 3.63) is 17.2 Å². The molecule has 1 atom stereocenters. The van der Waals surface area contributed by atoms with Crippen molar-refractivity contribution in [2.75, 3.05) is 0 Å². The van der Waals surface area contributed by atoms with Gasteiger partial charge in [0.05, 0.1) is 0 Å². The van der Waals surface area contributed by atoms with E-state index in [-0.39, 0.29) is 0 Å². The lowest BCUT2D eigenvalue weighted by Gasteiger charge is -2.08. The molecule has 1 aromatic rings. The molecule has 0 fully saturated rings. The lowest BCUT2D eigenvalue weighted by atomic mass is 10.3. The van der Waals surface area contributed by atoms with Gasteiger partial charge in [0.25, 0.3) is 0 Å². The Bertz CT molecular complexity index is 248. The maximum Gasteiger partial charge on any atom is 0.177 e. The summed E-state index contributed by atoms with van der Waals surface area (Å²) in [5.74, 6) is 0. The van der Waals surface area contributed by atoms with Crippen LogP contribution in [0.1, 0.15) is 26.3 Å². The Balaban J connectivity index is 2.93. The first-order valence-corrected chi connectivity index (χ1v) is 3.92. The Morgan fingerprint density at radius 3 is 2.90 bits per heavy atom. The summed E-state index contributed by atoms with van der Waals surface area (Å²) >= 11 is 5.04. The van der Waals surface area contributed by atoms with Gasteiger partial charge in [0, 0.05) is 18.4 Å². The van der Waals surface area contributed by atoms with Crippen LogP contribution in [0.15, 0.2) is 12.4 Å². The van der Waals surface area contributed by atoms with Crippen LogP contribution in [-0.2, 0) is 0 Å². The number of hydrogen-bond acceptors (Lipinski definition) is 1. The largest absolute Gasteiger partial charge is 0.337 e. The van der Waals surface area contributed by atoms with Crippen LogP contribution in [0.25, 0.3) is 0 Å². The third kappa shape index (κ3) is 1.29. The summed E-state index contributed by atoms with van der Waals surface area (Å²) in [5.41, 5.74) is 0. The van der Waals surface area contributed by atoms with Crippen molar-refractivity contribution in [2.45, 2.75) is 26.3 Å². The highest BCUT2D eigenvalue weighted by Gasteiger charge is 1.99. The van der Waals surface area contributed by atoms with Crippen LogP contribution in [0.3, 0.4) is 0 Å². The molecule has 1 N–H and O–H groups in total. The molecule has 2 nitrogen and oxygen atoms in total. The number of aromatic nitrogens is 2. The van der Waals surface area contributed by atoms with Gasteiger partial charge in [0.2, 0.25) is 0 Å². The fourth-order valence-electron chi connectivity index (χ4n) is 0.875. The van der Waals surface area contributed by atoms with E-state index in [0.717, 1.165) is 11.2 Å². The van der Waals surface area contributed by atoms with Crippen LogP contribution in [0.4, 0.5) is 0 Å². The van der Waals surface area contributed by atoms with E-state index in [0.29, 0.717) is 6.04 Å². The molecule has 0 unspecified atom stereocenters. The third-order valence-corrected chi connectivity index (χ3v) is 2.07. The minimum atomic E-state index is 0.513. The first-order valence-electron chi connectivity index (χ1n) is 3.51. The Labute approximate surface area is 65.9 Å². The molecule has 0 aliphatic carbocycles. The summed E-state index contributed by atoms with van der Waals surface area (Å²) in [6.45, 7) is 4.31. The zero-order chi connectivity index (χ0) is 7.56. The lowest BCUT2D eigenvalue weighted by molar-refractivity contribution is 0.525. The van der Waals surface area contributed by atoms with Crippen LogP contribution in [-0.4, -0.2) is 9.55 Å². The number of H-pyrrole nitrogens is 1. The highest BCUT2D eigenvalue weighted by molar-refractivity contribution is 7.71. The Kier molecular flexibility index (Phi) is 2.27. The summed E-state index contributed by atoms with van der Waals surface area (Å²) < 4.78 is 2.88. The molecule has 0 saturated carbocycles. The monoisotopic (exact) mass is 156 g/mol. The number of nitrogens with zero attached hydrogens (tertiary/aromatic N) is 1. The van der Waals surface area contributed by atoms with E-state index in [1.807, 2.05) is 12.4 Å². The van der Waals surface area contributed by atoms with Crippen LogP contribution in [0.2, 0.25) is 0 Å². The van der Waals surface area contributed by atoms with Crippen LogP contribution in [0.5, 0.6) is 0 Å². The highest BCUT2D eigenvalue weighted by atomic mass is 32.1. The van der Waals surface area contributed by atoms with Crippen LogP contribution < -0.4 is 0 Å². The first-order chi connectivity index (χ1) is 4.75. The maximum atomic E-state index is 5.04. The molecular formula is C7H12N2S. The van der Waals surface area contributed by atoms with Crippen LogP contribution in [0, 0.1) is 4.77 Å². The minimum Gasteiger partial charge on any atom is -0.337 e. The molecule has 0 radical (unpaired) electrons. The zero-order valence-corrected chi connectivity index (χ0v) is 7.11. The molecular weight excluding hydrogens is 144 g/mol. The SMILES string of the molecule is CC[C@@H](C)n1cc[nH]c1=S. The predicted octanol–water partition coefficient (Wildman–Crippen LogP) is 2.52. The molecule has 1 aromatic heterocycles. The molecule has 0 aromatic carbocycles. The van der Waals surface area contributed by atoms with Gasteiger partial charge in [-0.15, -0.1) is 0 Å². The van der Waals surface area contributed by atoms with Crippen molar-refractivity contribution in [2.24, 2.45) is 0 Å². The van der Waals surface area contributed by atoms with Gasteiger partial charge >= 0.3 is 0 Å². The van der Waals surface area contributed by atoms with E-state index < -0.39 is 0 Å². The summed E-state index contributed by atoms with van der Waals surface area (Å²) in [6.07, 6.45) is 4.97. The van der Waals surface area contributed by atoms with Crippen molar-refractivity contribution >= 4 is 12.2 Å². The summed E-state index contributed by atoms with van der Waals surface area (Å²) in [6, 6.07) is 0.513. The normalized spacial score (nSPS) is 13.4. The van der Waals surface area contributed by atoms with Crippen molar-refractivity contribution in [1.29, 1.82) is 0 Å². The average molecular weight is 156 g/mol. The van der Waals surface area contributed by atoms with Crippen molar-refractivity contribution in [1.82, 2.24) is 9.55 Å². The molecule has 0 bridgehead atoms. The van der Waals surface area contributed by atoms with E-state index in [4.69, 9.17) is 12.2 Å². The highest BCUT2D eigenvalue weighted by Crippen LogP contribution is 2.08. The molecule has 10 heavy (non-hydrogen) atoms. The molecule has 0 aliphatic heterocycles. The second kappa shape index (κ2) is 3.01. The average Bonchev–Trinajstić information content (AvgIpc) is 2.34. The van der Waals surface area contributed by atoms with E-state index >= 15 is 0 Å². The molecule has 56 valence electrons. The van der Waals surface area contributed by atoms with Crippen molar-refractivity contribution < 1.29 is 0 Å². The number of imidazole rings is 1. The summed E-state index contributed by atoms with van der Waals surface area (Å²) in [4.78, 5) is 2.96. The minimum absolute atomic E-state index is 0.513. The molecule has 0 aliphatic rings. The van der Waals surface area contributed by atoms with Gasteiger partial charge in [-0.1, -0.05) is 6.92 Å². The van der Waals surface area contributed by atoms with Gasteiger partial charge < -0.3 is 9.55 Å². The summed E-state index contributed by atoms with van der Waals surface area (Å²) in [7, 11) is 0. The van der Waals surface area contributed by atoms with E-state index in [1.165, 1.54) is 0 Å².